The molecular formula is C7H6BrIO. The molecule has 1 aliphatic rings. The van der Waals surface area contributed by atoms with Crippen LogP contribution in [0.5, 0.6) is 0 Å². The van der Waals surface area contributed by atoms with Gasteiger partial charge < -0.3 is 4.79 Å². The van der Waals surface area contributed by atoms with E-state index in [1.54, 1.807) is 0 Å². The number of halogens is 2. The monoisotopic (exact) mass is 312 g/mol. The fraction of sp³-hybridized carbons (Fsp3) is 0.286. The van der Waals surface area contributed by atoms with Crippen molar-refractivity contribution in [1.82, 2.24) is 0 Å². The van der Waals surface area contributed by atoms with Gasteiger partial charge in [-0.15, -0.1) is 0 Å². The maximum absolute atomic E-state index is 10.5. The van der Waals surface area contributed by atoms with E-state index in [4.69, 9.17) is 0 Å². The fourth-order valence-corrected chi connectivity index (χ4v) is 2.38. The summed E-state index contributed by atoms with van der Waals surface area (Å²) in [5.74, 6) is 0. The van der Waals surface area contributed by atoms with Gasteiger partial charge in [0.15, 0.2) is 0 Å². The Kier molecular flexibility index (Phi) is 2.68. The molecule has 0 saturated heterocycles. The van der Waals surface area contributed by atoms with Gasteiger partial charge in [0.25, 0.3) is 0 Å². The van der Waals surface area contributed by atoms with E-state index < -0.39 is 0 Å². The van der Waals surface area contributed by atoms with Gasteiger partial charge in [-0.25, -0.2) is 0 Å². The molecule has 0 aromatic heterocycles. The zero-order valence-corrected chi connectivity index (χ0v) is 8.92. The molecule has 0 aliphatic heterocycles. The minimum Gasteiger partial charge on any atom is -0.302 e. The quantitative estimate of drug-likeness (QED) is 0.413. The lowest BCUT2D eigenvalue weighted by Gasteiger charge is -2.17. The molecule has 0 heterocycles. The summed E-state index contributed by atoms with van der Waals surface area (Å²) >= 11 is 5.46. The summed E-state index contributed by atoms with van der Waals surface area (Å²) in [7, 11) is 0. The topological polar surface area (TPSA) is 17.1 Å². The Labute approximate surface area is 81.8 Å². The Morgan fingerprint density at radius 1 is 1.80 bits per heavy atom. The average molecular weight is 313 g/mol. The van der Waals surface area contributed by atoms with E-state index in [1.165, 1.54) is 0 Å². The summed E-state index contributed by atoms with van der Waals surface area (Å²) in [4.78, 5) is 10.5. The number of alkyl halides is 1. The van der Waals surface area contributed by atoms with E-state index in [9.17, 15) is 4.79 Å². The predicted octanol–water partition coefficient (Wildman–Crippen LogP) is 2.60. The summed E-state index contributed by atoms with van der Waals surface area (Å²) in [5, 5.41) is 0. The van der Waals surface area contributed by atoms with Crippen LogP contribution < -0.4 is 0 Å². The minimum atomic E-state index is -0.314. The molecule has 10 heavy (non-hydrogen) atoms. The molecule has 0 radical (unpaired) electrons. The van der Waals surface area contributed by atoms with Crippen LogP contribution in [-0.4, -0.2) is 9.71 Å². The summed E-state index contributed by atoms with van der Waals surface area (Å²) < 4.78 is 0.672. The van der Waals surface area contributed by atoms with Crippen LogP contribution in [0.1, 0.15) is 6.42 Å². The highest BCUT2D eigenvalue weighted by Crippen LogP contribution is 2.30. The van der Waals surface area contributed by atoms with Crippen LogP contribution in [-0.2, 0) is 4.79 Å². The highest BCUT2D eigenvalue weighted by molar-refractivity contribution is 14.1. The summed E-state index contributed by atoms with van der Waals surface area (Å²) in [6.07, 6.45) is 7.64. The first kappa shape index (κ1) is 8.46. The van der Waals surface area contributed by atoms with Gasteiger partial charge in [-0.3, -0.25) is 0 Å². The molecule has 0 aromatic rings. The normalized spacial score (nSPS) is 31.6. The number of aldehydes is 1. The number of hydrogen-bond donors (Lipinski definition) is 0. The van der Waals surface area contributed by atoms with Crippen molar-refractivity contribution < 1.29 is 4.79 Å². The van der Waals surface area contributed by atoms with E-state index in [0.29, 0.717) is 0 Å². The Hall–Kier alpha value is 0.360. The first-order chi connectivity index (χ1) is 4.66. The molecule has 0 fully saturated rings. The smallest absolute Gasteiger partial charge is 0.140 e. The van der Waals surface area contributed by atoms with Crippen molar-refractivity contribution >= 4 is 44.8 Å². The van der Waals surface area contributed by atoms with Crippen LogP contribution in [0, 0.1) is 0 Å². The Morgan fingerprint density at radius 2 is 2.50 bits per heavy atom. The molecule has 0 N–H and O–H groups in total. The summed E-state index contributed by atoms with van der Waals surface area (Å²) in [5.41, 5.74) is 0. The van der Waals surface area contributed by atoms with Crippen molar-refractivity contribution in [2.75, 3.05) is 0 Å². The number of carbonyl (C=O) groups excluding carboxylic acids is 1. The molecule has 0 amide bonds. The average Bonchev–Trinajstić information content (AvgIpc) is 1.88. The van der Waals surface area contributed by atoms with Crippen molar-refractivity contribution in [1.29, 1.82) is 0 Å². The van der Waals surface area contributed by atoms with Gasteiger partial charge in [0, 0.05) is 4.48 Å². The van der Waals surface area contributed by atoms with Crippen molar-refractivity contribution in [3.8, 4) is 0 Å². The zero-order valence-electron chi connectivity index (χ0n) is 5.18. The van der Waals surface area contributed by atoms with Crippen LogP contribution in [0.4, 0.5) is 0 Å². The van der Waals surface area contributed by atoms with Crippen molar-refractivity contribution in [2.45, 2.75) is 9.84 Å². The highest BCUT2D eigenvalue weighted by Gasteiger charge is 2.23. The number of rotatable bonds is 1. The first-order valence-corrected chi connectivity index (χ1v) is 4.74. The lowest BCUT2D eigenvalue weighted by atomic mass is 10.0. The van der Waals surface area contributed by atoms with E-state index in [2.05, 4.69) is 38.5 Å². The lowest BCUT2D eigenvalue weighted by Crippen LogP contribution is -2.19. The third-order valence-electron chi connectivity index (χ3n) is 1.28. The van der Waals surface area contributed by atoms with Gasteiger partial charge in [-0.2, -0.15) is 0 Å². The third kappa shape index (κ3) is 1.92. The maximum atomic E-state index is 10.5. The van der Waals surface area contributed by atoms with Crippen LogP contribution in [0.25, 0.3) is 0 Å². The second kappa shape index (κ2) is 3.17. The van der Waals surface area contributed by atoms with Gasteiger partial charge in [-0.1, -0.05) is 50.7 Å². The van der Waals surface area contributed by atoms with E-state index in [-0.39, 0.29) is 3.42 Å². The summed E-state index contributed by atoms with van der Waals surface area (Å²) in [6, 6.07) is 0. The Balaban J connectivity index is 2.86. The van der Waals surface area contributed by atoms with Crippen LogP contribution in [0.15, 0.2) is 22.7 Å². The van der Waals surface area contributed by atoms with E-state index in [1.807, 2.05) is 18.2 Å². The molecule has 1 unspecified atom stereocenters. The molecule has 3 heteroatoms. The second-order valence-corrected chi connectivity index (χ2v) is 5.10. The second-order valence-electron chi connectivity index (χ2n) is 2.18. The highest BCUT2D eigenvalue weighted by atomic mass is 127. The molecule has 0 aromatic carbocycles. The van der Waals surface area contributed by atoms with Crippen molar-refractivity contribution in [3.05, 3.63) is 22.7 Å². The Morgan fingerprint density at radius 3 is 2.90 bits per heavy atom. The van der Waals surface area contributed by atoms with Crippen molar-refractivity contribution in [2.24, 2.45) is 0 Å². The third-order valence-corrected chi connectivity index (χ3v) is 2.78. The van der Waals surface area contributed by atoms with Gasteiger partial charge in [-0.05, 0) is 12.5 Å². The molecule has 1 aliphatic carbocycles. The van der Waals surface area contributed by atoms with Gasteiger partial charge in [0.05, 0.1) is 0 Å². The fourth-order valence-electron chi connectivity index (χ4n) is 0.771. The van der Waals surface area contributed by atoms with E-state index >= 15 is 0 Å². The largest absolute Gasteiger partial charge is 0.302 e. The SMILES string of the molecule is O=CC1(I)C=C(Br)C=CC1. The maximum Gasteiger partial charge on any atom is 0.140 e. The molecule has 0 saturated carbocycles. The molecule has 0 bridgehead atoms. The predicted molar refractivity (Wildman–Crippen MR) is 53.6 cm³/mol. The molecular weight excluding hydrogens is 307 g/mol. The molecule has 0 spiro atoms. The Bertz CT molecular complexity index is 210. The molecule has 1 nitrogen and oxygen atoms in total. The molecule has 1 atom stereocenters. The van der Waals surface area contributed by atoms with Crippen LogP contribution in [0.3, 0.4) is 0 Å². The van der Waals surface area contributed by atoms with Gasteiger partial charge in [0.2, 0.25) is 0 Å². The van der Waals surface area contributed by atoms with Crippen LogP contribution >= 0.6 is 38.5 Å². The standard InChI is InChI=1S/C7H6BrIO/c8-6-2-1-3-7(9,4-6)5-10/h1-2,4-5H,3H2. The zero-order chi connectivity index (χ0) is 7.61. The minimum absolute atomic E-state index is 0.314. The number of carbonyl (C=O) groups is 1. The first-order valence-electron chi connectivity index (χ1n) is 2.86. The number of allylic oxidation sites excluding steroid dienone is 4. The van der Waals surface area contributed by atoms with Gasteiger partial charge >= 0.3 is 0 Å². The molecule has 54 valence electrons. The summed E-state index contributed by atoms with van der Waals surface area (Å²) in [6.45, 7) is 0. The van der Waals surface area contributed by atoms with Gasteiger partial charge in [0.1, 0.15) is 9.71 Å². The molecule has 1 rings (SSSR count). The van der Waals surface area contributed by atoms with Crippen LogP contribution in [0.2, 0.25) is 0 Å². The van der Waals surface area contributed by atoms with Crippen molar-refractivity contribution in [3.63, 3.8) is 0 Å². The van der Waals surface area contributed by atoms with E-state index in [0.717, 1.165) is 17.2 Å². The lowest BCUT2D eigenvalue weighted by molar-refractivity contribution is -0.108. The number of hydrogen-bond acceptors (Lipinski definition) is 1.